The molecule has 0 amide bonds. The molecule has 1 heterocycles. The number of sulfone groups is 1. The maximum absolute atomic E-state index is 13.2. The number of hydrogen-bond donors (Lipinski definition) is 0. The van der Waals surface area contributed by atoms with Crippen molar-refractivity contribution in [1.29, 1.82) is 5.26 Å². The number of carbonyl (C=O) groups is 1. The van der Waals surface area contributed by atoms with Crippen LogP contribution in [0.25, 0.3) is 0 Å². The first-order valence-corrected chi connectivity index (χ1v) is 10.5. The van der Waals surface area contributed by atoms with Gasteiger partial charge in [-0.1, -0.05) is 12.1 Å². The van der Waals surface area contributed by atoms with Crippen LogP contribution in [0.2, 0.25) is 0 Å². The molecule has 0 fully saturated rings. The molecular weight excluding hydrogens is 400 g/mol. The number of methoxy groups -OCH3 is 1. The van der Waals surface area contributed by atoms with Crippen LogP contribution in [0.3, 0.4) is 0 Å². The largest absolute Gasteiger partial charge is 0.497 e. The summed E-state index contributed by atoms with van der Waals surface area (Å²) in [4.78, 5) is 14.5. The molecule has 0 saturated heterocycles. The first-order chi connectivity index (χ1) is 14.5. The molecule has 1 aliphatic heterocycles. The van der Waals surface area contributed by atoms with E-state index < -0.39 is 15.6 Å². The summed E-state index contributed by atoms with van der Waals surface area (Å²) in [6.45, 7) is 0. The number of rotatable bonds is 4. The number of nitriles is 1. The van der Waals surface area contributed by atoms with Gasteiger partial charge in [0.2, 0.25) is 15.6 Å². The van der Waals surface area contributed by atoms with Gasteiger partial charge in [-0.3, -0.25) is 4.79 Å². The summed E-state index contributed by atoms with van der Waals surface area (Å²) in [5, 5.41) is 9.04. The maximum Gasteiger partial charge on any atom is 0.214 e. The SMILES string of the molecule is COc1ccc(C(=O)C2=CN(c3ccc(C#N)cc3)c3ccccc3S2(=O)=O)cc1. The number of benzene rings is 3. The van der Waals surface area contributed by atoms with Crippen LogP contribution in [0.4, 0.5) is 11.4 Å². The predicted octanol–water partition coefficient (Wildman–Crippen LogP) is 4.22. The Morgan fingerprint density at radius 1 is 0.967 bits per heavy atom. The molecule has 0 atom stereocenters. The first-order valence-electron chi connectivity index (χ1n) is 9.00. The minimum absolute atomic E-state index is 0.0497. The fourth-order valence-electron chi connectivity index (χ4n) is 3.23. The Bertz CT molecular complexity index is 1300. The standard InChI is InChI=1S/C23H16N2O4S/c1-29-19-12-8-17(9-13-19)23(26)22-15-25(18-10-6-16(14-24)7-11-18)20-4-2-3-5-21(20)30(22,27)28/h2-13,15H,1H3. The second kappa shape index (κ2) is 7.50. The third-order valence-corrected chi connectivity index (χ3v) is 6.59. The van der Waals surface area contributed by atoms with Gasteiger partial charge in [0, 0.05) is 17.5 Å². The van der Waals surface area contributed by atoms with Gasteiger partial charge in [0.1, 0.15) is 10.7 Å². The van der Waals surface area contributed by atoms with E-state index >= 15 is 0 Å². The van der Waals surface area contributed by atoms with Crippen molar-refractivity contribution in [3.63, 3.8) is 0 Å². The fraction of sp³-hybridized carbons (Fsp3) is 0.0435. The number of allylic oxidation sites excluding steroid dienone is 1. The van der Waals surface area contributed by atoms with Crippen LogP contribution in [0.1, 0.15) is 15.9 Å². The molecule has 7 heteroatoms. The van der Waals surface area contributed by atoms with E-state index in [1.807, 2.05) is 0 Å². The molecule has 3 aromatic rings. The maximum atomic E-state index is 13.2. The van der Waals surface area contributed by atoms with E-state index in [1.54, 1.807) is 59.5 Å². The Hall–Kier alpha value is -3.89. The molecule has 0 N–H and O–H groups in total. The van der Waals surface area contributed by atoms with Crippen molar-refractivity contribution >= 4 is 27.0 Å². The Labute approximate surface area is 174 Å². The third kappa shape index (κ3) is 3.23. The van der Waals surface area contributed by atoms with Crippen molar-refractivity contribution in [2.24, 2.45) is 0 Å². The van der Waals surface area contributed by atoms with E-state index in [9.17, 15) is 13.2 Å². The van der Waals surface area contributed by atoms with Crippen molar-refractivity contribution in [2.45, 2.75) is 4.90 Å². The van der Waals surface area contributed by atoms with Gasteiger partial charge in [0.25, 0.3) is 0 Å². The molecule has 0 bridgehead atoms. The fourth-order valence-corrected chi connectivity index (χ4v) is 4.78. The van der Waals surface area contributed by atoms with Crippen LogP contribution in [-0.2, 0) is 9.84 Å². The Morgan fingerprint density at radius 2 is 1.63 bits per heavy atom. The minimum atomic E-state index is -4.01. The molecule has 6 nitrogen and oxygen atoms in total. The second-order valence-electron chi connectivity index (χ2n) is 6.55. The number of ketones is 1. The van der Waals surface area contributed by atoms with Crippen molar-refractivity contribution in [2.75, 3.05) is 12.0 Å². The molecule has 0 aromatic heterocycles. The normalized spacial score (nSPS) is 14.3. The van der Waals surface area contributed by atoms with Crippen LogP contribution in [0, 0.1) is 11.3 Å². The average molecular weight is 416 g/mol. The number of carbonyl (C=O) groups excluding carboxylic acids is 1. The van der Waals surface area contributed by atoms with Crippen LogP contribution in [0.5, 0.6) is 5.75 Å². The number of Topliss-reactive ketones (excluding diaryl/α,β-unsaturated/α-hetero) is 1. The van der Waals surface area contributed by atoms with Gasteiger partial charge in [-0.2, -0.15) is 5.26 Å². The van der Waals surface area contributed by atoms with Crippen LogP contribution in [-0.4, -0.2) is 21.3 Å². The molecule has 1 aliphatic rings. The van der Waals surface area contributed by atoms with E-state index in [1.165, 1.54) is 31.5 Å². The van der Waals surface area contributed by atoms with Crippen molar-refractivity contribution < 1.29 is 17.9 Å². The topological polar surface area (TPSA) is 87.5 Å². The van der Waals surface area contributed by atoms with Crippen molar-refractivity contribution in [1.82, 2.24) is 0 Å². The second-order valence-corrected chi connectivity index (χ2v) is 8.44. The van der Waals surface area contributed by atoms with E-state index in [0.717, 1.165) is 0 Å². The van der Waals surface area contributed by atoms with Gasteiger partial charge in [-0.05, 0) is 60.7 Å². The number of hydrogen-bond acceptors (Lipinski definition) is 6. The Kier molecular flexibility index (Phi) is 4.86. The molecule has 0 aliphatic carbocycles. The van der Waals surface area contributed by atoms with Crippen LogP contribution in [0.15, 0.2) is 88.8 Å². The Balaban J connectivity index is 1.87. The lowest BCUT2D eigenvalue weighted by molar-refractivity contribution is 0.104. The zero-order valence-electron chi connectivity index (χ0n) is 15.9. The quantitative estimate of drug-likeness (QED) is 0.592. The van der Waals surface area contributed by atoms with Gasteiger partial charge >= 0.3 is 0 Å². The highest BCUT2D eigenvalue weighted by Crippen LogP contribution is 2.40. The Morgan fingerprint density at radius 3 is 2.27 bits per heavy atom. The minimum Gasteiger partial charge on any atom is -0.497 e. The van der Waals surface area contributed by atoms with Gasteiger partial charge in [0.05, 0.1) is 29.3 Å². The zero-order valence-corrected chi connectivity index (χ0v) is 16.8. The van der Waals surface area contributed by atoms with Gasteiger partial charge < -0.3 is 9.64 Å². The highest BCUT2D eigenvalue weighted by Gasteiger charge is 2.36. The first kappa shape index (κ1) is 19.4. The highest BCUT2D eigenvalue weighted by atomic mass is 32.2. The average Bonchev–Trinajstić information content (AvgIpc) is 2.79. The van der Waals surface area contributed by atoms with E-state index in [4.69, 9.17) is 10.00 Å². The van der Waals surface area contributed by atoms with E-state index in [0.29, 0.717) is 22.7 Å². The zero-order chi connectivity index (χ0) is 21.3. The van der Waals surface area contributed by atoms with E-state index in [2.05, 4.69) is 6.07 Å². The summed E-state index contributed by atoms with van der Waals surface area (Å²) in [6.07, 6.45) is 1.34. The summed E-state index contributed by atoms with van der Waals surface area (Å²) in [7, 11) is -2.50. The molecule has 0 unspecified atom stereocenters. The lowest BCUT2D eigenvalue weighted by Crippen LogP contribution is -2.25. The molecule has 148 valence electrons. The smallest absolute Gasteiger partial charge is 0.214 e. The van der Waals surface area contributed by atoms with E-state index in [-0.39, 0.29) is 15.4 Å². The lowest BCUT2D eigenvalue weighted by Gasteiger charge is -2.28. The van der Waals surface area contributed by atoms with Gasteiger partial charge in [-0.25, -0.2) is 8.42 Å². The van der Waals surface area contributed by atoms with Crippen LogP contribution < -0.4 is 9.64 Å². The summed E-state index contributed by atoms with van der Waals surface area (Å²) >= 11 is 0. The number of anilines is 2. The monoisotopic (exact) mass is 416 g/mol. The summed E-state index contributed by atoms with van der Waals surface area (Å²) in [5.41, 5.74) is 1.80. The molecule has 4 rings (SSSR count). The molecule has 0 saturated carbocycles. The molecule has 0 spiro atoms. The van der Waals surface area contributed by atoms with Gasteiger partial charge in [0.15, 0.2) is 0 Å². The molecule has 0 radical (unpaired) electrons. The summed E-state index contributed by atoms with van der Waals surface area (Å²) < 4.78 is 31.6. The predicted molar refractivity (Wildman–Crippen MR) is 112 cm³/mol. The van der Waals surface area contributed by atoms with Crippen molar-refractivity contribution in [3.8, 4) is 11.8 Å². The number of para-hydroxylation sites is 1. The number of ether oxygens (including phenoxy) is 1. The highest BCUT2D eigenvalue weighted by molar-refractivity contribution is 7.96. The summed E-state index contributed by atoms with van der Waals surface area (Å²) in [6, 6.07) is 21.5. The number of fused-ring (bicyclic) bond motifs is 1. The molecular formula is C23H16N2O4S. The number of nitrogens with zero attached hydrogens (tertiary/aromatic N) is 2. The van der Waals surface area contributed by atoms with Crippen LogP contribution >= 0.6 is 0 Å². The lowest BCUT2D eigenvalue weighted by atomic mass is 10.1. The summed E-state index contributed by atoms with van der Waals surface area (Å²) in [5.74, 6) is -0.0395. The molecule has 30 heavy (non-hydrogen) atoms. The van der Waals surface area contributed by atoms with Gasteiger partial charge in [-0.15, -0.1) is 0 Å². The molecule has 3 aromatic carbocycles. The third-order valence-electron chi connectivity index (χ3n) is 4.80. The van der Waals surface area contributed by atoms with Crippen molar-refractivity contribution in [3.05, 3.63) is 95.0 Å².